The van der Waals surface area contributed by atoms with Gasteiger partial charge in [-0.15, -0.1) is 0 Å². The zero-order valence-corrected chi connectivity index (χ0v) is 30.5. The number of carbonyl (C=O) groups is 1. The lowest BCUT2D eigenvalue weighted by atomic mass is 9.89. The summed E-state index contributed by atoms with van der Waals surface area (Å²) in [6.07, 6.45) is 13.8. The maximum atomic E-state index is 11.2. The van der Waals surface area contributed by atoms with Crippen LogP contribution < -0.4 is 0 Å². The van der Waals surface area contributed by atoms with Gasteiger partial charge in [-0.2, -0.15) is 0 Å². The summed E-state index contributed by atoms with van der Waals surface area (Å²) in [6.45, 7) is 24.4. The lowest BCUT2D eigenvalue weighted by Crippen LogP contribution is -2.47. The Labute approximate surface area is 265 Å². The molecule has 1 saturated heterocycles. The molecule has 0 bridgehead atoms. The monoisotopic (exact) mass is 622 g/mol. The van der Waals surface area contributed by atoms with Crippen molar-refractivity contribution in [1.82, 2.24) is 0 Å². The molecule has 0 aromatic carbocycles. The van der Waals surface area contributed by atoms with E-state index in [0.29, 0.717) is 18.8 Å². The van der Waals surface area contributed by atoms with Gasteiger partial charge < -0.3 is 24.1 Å². The highest BCUT2D eigenvalue weighted by Crippen LogP contribution is 2.42. The van der Waals surface area contributed by atoms with Crippen LogP contribution in [0.5, 0.6) is 0 Å². The number of hydrogen-bond donors (Lipinski definition) is 2. The Morgan fingerprint density at radius 2 is 1.65 bits per heavy atom. The minimum atomic E-state index is -1.99. The summed E-state index contributed by atoms with van der Waals surface area (Å²) >= 11 is 0. The largest absolute Gasteiger partial charge is 0.481 e. The standard InChI is InChI=1S/C36H66O6Si/c1-25(21-28(4)32(15-14-16-34(38)39)42-43(10,11)35(7,8)9)17-18-31(37)27(3)22-26(2)23-29(5)33-24-30(6)40-36(41-33)19-12-13-20-36/h17,23,27-33,37H,12-16,18-22,24H2,1-11H3,(H,38,39)/b25-17+,26-23+/t27-,28-,29+,30+,31+,32-,33+/m0/s1. The topological polar surface area (TPSA) is 85.2 Å². The molecule has 0 aromatic heterocycles. The molecule has 0 radical (unpaired) electrons. The van der Waals surface area contributed by atoms with Gasteiger partial charge in [-0.1, -0.05) is 64.8 Å². The third-order valence-corrected chi connectivity index (χ3v) is 14.8. The van der Waals surface area contributed by atoms with E-state index in [2.05, 4.69) is 87.6 Å². The van der Waals surface area contributed by atoms with E-state index < -0.39 is 20.4 Å². The second-order valence-electron chi connectivity index (χ2n) is 15.7. The number of ether oxygens (including phenoxy) is 2. The minimum absolute atomic E-state index is 0.0356. The molecular formula is C36H66O6Si. The van der Waals surface area contributed by atoms with Crippen LogP contribution in [-0.4, -0.2) is 54.7 Å². The highest BCUT2D eigenvalue weighted by atomic mass is 28.4. The Morgan fingerprint density at radius 3 is 2.23 bits per heavy atom. The zero-order valence-electron chi connectivity index (χ0n) is 29.5. The lowest BCUT2D eigenvalue weighted by Gasteiger charge is -2.43. The van der Waals surface area contributed by atoms with Crippen LogP contribution >= 0.6 is 0 Å². The molecule has 1 saturated carbocycles. The predicted molar refractivity (Wildman–Crippen MR) is 180 cm³/mol. The number of aliphatic hydroxyl groups excluding tert-OH is 1. The Bertz CT molecular complexity index is 929. The van der Waals surface area contributed by atoms with Gasteiger partial charge in [-0.05, 0) is 95.7 Å². The second-order valence-corrected chi connectivity index (χ2v) is 20.5. The Morgan fingerprint density at radius 1 is 1.05 bits per heavy atom. The second kappa shape index (κ2) is 16.5. The summed E-state index contributed by atoms with van der Waals surface area (Å²) in [6, 6.07) is 0. The van der Waals surface area contributed by atoms with E-state index in [-0.39, 0.29) is 47.4 Å². The molecule has 250 valence electrons. The first-order valence-corrected chi connectivity index (χ1v) is 20.0. The van der Waals surface area contributed by atoms with Crippen molar-refractivity contribution in [1.29, 1.82) is 0 Å². The van der Waals surface area contributed by atoms with Crippen molar-refractivity contribution in [3.8, 4) is 0 Å². The average molecular weight is 623 g/mol. The molecule has 1 spiro atoms. The van der Waals surface area contributed by atoms with Crippen molar-refractivity contribution >= 4 is 14.3 Å². The Balaban J connectivity index is 1.92. The van der Waals surface area contributed by atoms with Crippen molar-refractivity contribution < 1.29 is 28.9 Å². The van der Waals surface area contributed by atoms with Crippen LogP contribution in [0.15, 0.2) is 23.3 Å². The smallest absolute Gasteiger partial charge is 0.303 e. The van der Waals surface area contributed by atoms with E-state index in [9.17, 15) is 9.90 Å². The van der Waals surface area contributed by atoms with Gasteiger partial charge in [0, 0.05) is 37.7 Å². The van der Waals surface area contributed by atoms with E-state index in [1.54, 1.807) is 0 Å². The zero-order chi connectivity index (χ0) is 32.6. The molecule has 0 unspecified atom stereocenters. The van der Waals surface area contributed by atoms with Crippen molar-refractivity contribution in [2.24, 2.45) is 17.8 Å². The van der Waals surface area contributed by atoms with E-state index in [1.807, 2.05) is 0 Å². The molecule has 2 aliphatic rings. The normalized spacial score (nSPS) is 25.4. The van der Waals surface area contributed by atoms with Gasteiger partial charge in [-0.25, -0.2) is 0 Å². The fourth-order valence-corrected chi connectivity index (χ4v) is 8.04. The lowest BCUT2D eigenvalue weighted by molar-refractivity contribution is -0.316. The van der Waals surface area contributed by atoms with E-state index in [1.165, 1.54) is 24.0 Å². The van der Waals surface area contributed by atoms with Crippen LogP contribution in [0, 0.1) is 17.8 Å². The maximum Gasteiger partial charge on any atom is 0.303 e. The van der Waals surface area contributed by atoms with Crippen LogP contribution in [0.4, 0.5) is 0 Å². The summed E-state index contributed by atoms with van der Waals surface area (Å²) in [5.41, 5.74) is 2.57. The molecule has 0 amide bonds. The first-order chi connectivity index (χ1) is 19.8. The van der Waals surface area contributed by atoms with Crippen molar-refractivity contribution in [3.63, 3.8) is 0 Å². The van der Waals surface area contributed by atoms with Gasteiger partial charge in [-0.3, -0.25) is 4.79 Å². The van der Waals surface area contributed by atoms with Crippen LogP contribution in [-0.2, 0) is 18.7 Å². The Kier molecular flexibility index (Phi) is 14.7. The first kappa shape index (κ1) is 38.2. The molecule has 0 aromatic rings. The quantitative estimate of drug-likeness (QED) is 0.132. The predicted octanol–water partition coefficient (Wildman–Crippen LogP) is 9.43. The summed E-state index contributed by atoms with van der Waals surface area (Å²) in [4.78, 5) is 11.2. The minimum Gasteiger partial charge on any atom is -0.481 e. The van der Waals surface area contributed by atoms with Crippen molar-refractivity contribution in [2.75, 3.05) is 0 Å². The SMILES string of the molecule is C/C(=C\[C@@H](C)[C@H]1C[C@@H](C)OC2(CCCC2)O1)C[C@H](C)[C@H](O)C/C=C(\C)C[C@H](C)[C@H](CCCC(=O)O)O[Si](C)(C)C(C)(C)C. The highest BCUT2D eigenvalue weighted by molar-refractivity contribution is 6.74. The summed E-state index contributed by atoms with van der Waals surface area (Å²) in [5, 5.41) is 20.3. The van der Waals surface area contributed by atoms with Crippen LogP contribution in [0.3, 0.4) is 0 Å². The average Bonchev–Trinajstić information content (AvgIpc) is 3.31. The first-order valence-electron chi connectivity index (χ1n) is 17.1. The molecule has 2 rings (SSSR count). The number of aliphatic carboxylic acids is 1. The third kappa shape index (κ3) is 12.4. The van der Waals surface area contributed by atoms with E-state index >= 15 is 0 Å². The molecule has 1 aliphatic carbocycles. The number of rotatable bonds is 16. The molecule has 1 heterocycles. The molecule has 2 fully saturated rings. The number of carboxylic acids is 1. The molecule has 43 heavy (non-hydrogen) atoms. The summed E-state index contributed by atoms with van der Waals surface area (Å²) < 4.78 is 19.6. The van der Waals surface area contributed by atoms with Gasteiger partial charge in [0.1, 0.15) is 0 Å². The molecule has 7 heteroatoms. The molecule has 7 atom stereocenters. The maximum absolute atomic E-state index is 11.2. The van der Waals surface area contributed by atoms with Crippen LogP contribution in [0.1, 0.15) is 133 Å². The highest BCUT2D eigenvalue weighted by Gasteiger charge is 2.44. The van der Waals surface area contributed by atoms with Gasteiger partial charge in [0.25, 0.3) is 0 Å². The van der Waals surface area contributed by atoms with E-state index in [4.69, 9.17) is 19.0 Å². The van der Waals surface area contributed by atoms with Gasteiger partial charge in [0.05, 0.1) is 18.3 Å². The van der Waals surface area contributed by atoms with Crippen molar-refractivity contribution in [3.05, 3.63) is 23.3 Å². The number of hydrogen-bond acceptors (Lipinski definition) is 5. The van der Waals surface area contributed by atoms with E-state index in [0.717, 1.165) is 38.5 Å². The van der Waals surface area contributed by atoms with Gasteiger partial charge in [0.2, 0.25) is 0 Å². The van der Waals surface area contributed by atoms with Crippen molar-refractivity contribution in [2.45, 2.75) is 181 Å². The number of carboxylic acid groups (broad SMARTS) is 1. The van der Waals surface area contributed by atoms with Crippen LogP contribution in [0.2, 0.25) is 18.1 Å². The molecule has 2 N–H and O–H groups in total. The molecular weight excluding hydrogens is 556 g/mol. The summed E-state index contributed by atoms with van der Waals surface area (Å²) in [7, 11) is -1.99. The fraction of sp³-hybridized carbons (Fsp3) is 0.861. The summed E-state index contributed by atoms with van der Waals surface area (Å²) in [5.74, 6) is -0.362. The third-order valence-electron chi connectivity index (χ3n) is 10.3. The Hall–Kier alpha value is -0.993. The fourth-order valence-electron chi connectivity index (χ4n) is 6.58. The molecule has 6 nitrogen and oxygen atoms in total. The van der Waals surface area contributed by atoms with Gasteiger partial charge in [0.15, 0.2) is 14.1 Å². The molecule has 1 aliphatic heterocycles. The van der Waals surface area contributed by atoms with Gasteiger partial charge >= 0.3 is 5.97 Å². The number of aliphatic hydroxyl groups is 1. The van der Waals surface area contributed by atoms with Crippen LogP contribution in [0.25, 0.3) is 0 Å². The number of allylic oxidation sites excluding steroid dienone is 2.